The predicted molar refractivity (Wildman–Crippen MR) is 81.4 cm³/mol. The van der Waals surface area contributed by atoms with Gasteiger partial charge in [0.05, 0.1) is 5.69 Å². The highest BCUT2D eigenvalue weighted by Crippen LogP contribution is 2.26. The molecule has 2 atom stereocenters. The van der Waals surface area contributed by atoms with Gasteiger partial charge in [0, 0.05) is 29.2 Å². The average molecular weight is 279 g/mol. The molecule has 2 rings (SSSR count). The first-order chi connectivity index (χ1) is 9.01. The molecule has 1 heterocycles. The summed E-state index contributed by atoms with van der Waals surface area (Å²) in [5.74, 6) is 5.52. The molecule has 0 radical (unpaired) electrons. The van der Waals surface area contributed by atoms with Crippen LogP contribution in [0.1, 0.15) is 29.8 Å². The van der Waals surface area contributed by atoms with Gasteiger partial charge in [-0.2, -0.15) is 11.8 Å². The minimum Gasteiger partial charge on any atom is -0.336 e. The number of hydrogen-bond acceptors (Lipinski definition) is 4. The van der Waals surface area contributed by atoms with Crippen LogP contribution in [0.4, 0.5) is 5.69 Å². The zero-order chi connectivity index (χ0) is 14.0. The first-order valence-corrected chi connectivity index (χ1v) is 7.47. The standard InChI is InChI=1S/C14H21N3OS/c1-9-6-12(4-5-13(9)16-15)14(18)17-7-10(2)19-11(3)8-17/h4-6,10-11,16H,7-8,15H2,1-3H3. The molecule has 1 aliphatic rings. The van der Waals surface area contributed by atoms with Gasteiger partial charge in [-0.3, -0.25) is 10.6 Å². The van der Waals surface area contributed by atoms with Gasteiger partial charge in [-0.1, -0.05) is 13.8 Å². The molecule has 1 amide bonds. The van der Waals surface area contributed by atoms with Crippen LogP contribution in [0.2, 0.25) is 0 Å². The van der Waals surface area contributed by atoms with Crippen molar-refractivity contribution >= 4 is 23.4 Å². The Labute approximate surface area is 118 Å². The number of anilines is 1. The largest absolute Gasteiger partial charge is 0.336 e. The summed E-state index contributed by atoms with van der Waals surface area (Å²) in [6.45, 7) is 7.94. The number of nitrogens with zero attached hydrogens (tertiary/aromatic N) is 1. The van der Waals surface area contributed by atoms with Crippen LogP contribution >= 0.6 is 11.8 Å². The first kappa shape index (κ1) is 14.2. The lowest BCUT2D eigenvalue weighted by atomic mass is 10.1. The van der Waals surface area contributed by atoms with Crippen molar-refractivity contribution in [1.82, 2.24) is 4.90 Å². The van der Waals surface area contributed by atoms with Crippen LogP contribution < -0.4 is 11.3 Å². The summed E-state index contributed by atoms with van der Waals surface area (Å²) >= 11 is 1.95. The molecule has 1 aromatic rings. The normalized spacial score (nSPS) is 23.3. The molecule has 0 aliphatic carbocycles. The molecular formula is C14H21N3OS. The van der Waals surface area contributed by atoms with Crippen molar-refractivity contribution in [1.29, 1.82) is 0 Å². The molecule has 2 unspecified atom stereocenters. The Balaban J connectivity index is 2.17. The van der Waals surface area contributed by atoms with E-state index in [2.05, 4.69) is 19.3 Å². The van der Waals surface area contributed by atoms with Gasteiger partial charge in [-0.15, -0.1) is 0 Å². The van der Waals surface area contributed by atoms with Crippen LogP contribution in [-0.4, -0.2) is 34.4 Å². The van der Waals surface area contributed by atoms with Crippen molar-refractivity contribution in [3.63, 3.8) is 0 Å². The molecular weight excluding hydrogens is 258 g/mol. The first-order valence-electron chi connectivity index (χ1n) is 6.53. The summed E-state index contributed by atoms with van der Waals surface area (Å²) in [6.07, 6.45) is 0. The Morgan fingerprint density at radius 3 is 2.53 bits per heavy atom. The highest BCUT2D eigenvalue weighted by molar-refractivity contribution is 8.00. The number of carbonyl (C=O) groups is 1. The Bertz CT molecular complexity index is 468. The van der Waals surface area contributed by atoms with Gasteiger partial charge in [0.2, 0.25) is 0 Å². The van der Waals surface area contributed by atoms with Crippen LogP contribution in [0.5, 0.6) is 0 Å². The molecule has 1 saturated heterocycles. The maximum absolute atomic E-state index is 12.5. The Morgan fingerprint density at radius 2 is 2.00 bits per heavy atom. The summed E-state index contributed by atoms with van der Waals surface area (Å²) in [4.78, 5) is 14.5. The molecule has 3 N–H and O–H groups in total. The maximum Gasteiger partial charge on any atom is 0.253 e. The molecule has 1 aliphatic heterocycles. The van der Waals surface area contributed by atoms with E-state index >= 15 is 0 Å². The number of benzene rings is 1. The van der Waals surface area contributed by atoms with Crippen molar-refractivity contribution in [2.75, 3.05) is 18.5 Å². The molecule has 5 heteroatoms. The Kier molecular flexibility index (Phi) is 4.37. The van der Waals surface area contributed by atoms with E-state index in [1.165, 1.54) is 0 Å². The molecule has 1 aromatic carbocycles. The average Bonchev–Trinajstić information content (AvgIpc) is 2.36. The molecule has 0 saturated carbocycles. The number of aryl methyl sites for hydroxylation is 1. The van der Waals surface area contributed by atoms with Crippen LogP contribution in [0.15, 0.2) is 18.2 Å². The van der Waals surface area contributed by atoms with Gasteiger partial charge in [0.25, 0.3) is 5.91 Å². The van der Waals surface area contributed by atoms with Crippen LogP contribution in [0, 0.1) is 6.92 Å². The molecule has 19 heavy (non-hydrogen) atoms. The second kappa shape index (κ2) is 5.84. The smallest absolute Gasteiger partial charge is 0.253 e. The fourth-order valence-corrected chi connectivity index (χ4v) is 3.81. The van der Waals surface area contributed by atoms with Crippen molar-refractivity contribution < 1.29 is 4.79 Å². The number of thioether (sulfide) groups is 1. The van der Waals surface area contributed by atoms with Gasteiger partial charge in [0.15, 0.2) is 0 Å². The molecule has 1 fully saturated rings. The second-order valence-electron chi connectivity index (χ2n) is 5.14. The lowest BCUT2D eigenvalue weighted by Crippen LogP contribution is -2.44. The van der Waals surface area contributed by atoms with E-state index in [9.17, 15) is 4.79 Å². The lowest BCUT2D eigenvalue weighted by molar-refractivity contribution is 0.0753. The highest BCUT2D eigenvalue weighted by Gasteiger charge is 2.26. The minimum absolute atomic E-state index is 0.116. The number of amides is 1. The highest BCUT2D eigenvalue weighted by atomic mass is 32.2. The molecule has 4 nitrogen and oxygen atoms in total. The summed E-state index contributed by atoms with van der Waals surface area (Å²) in [5, 5.41) is 0.998. The van der Waals surface area contributed by atoms with E-state index in [1.54, 1.807) is 0 Å². The molecule has 0 aromatic heterocycles. The fourth-order valence-electron chi connectivity index (χ4n) is 2.48. The van der Waals surface area contributed by atoms with Gasteiger partial charge in [0.1, 0.15) is 0 Å². The molecule has 104 valence electrons. The topological polar surface area (TPSA) is 58.4 Å². The number of hydrogen-bond donors (Lipinski definition) is 2. The summed E-state index contributed by atoms with van der Waals surface area (Å²) < 4.78 is 0. The summed E-state index contributed by atoms with van der Waals surface area (Å²) in [6, 6.07) is 5.59. The zero-order valence-corrected chi connectivity index (χ0v) is 12.5. The Morgan fingerprint density at radius 1 is 1.37 bits per heavy atom. The molecule has 0 spiro atoms. The van der Waals surface area contributed by atoms with E-state index in [-0.39, 0.29) is 5.91 Å². The van der Waals surface area contributed by atoms with Crippen LogP contribution in [0.25, 0.3) is 0 Å². The maximum atomic E-state index is 12.5. The number of hydrazine groups is 1. The second-order valence-corrected chi connectivity index (χ2v) is 7.02. The van der Waals surface area contributed by atoms with E-state index in [0.717, 1.165) is 29.9 Å². The zero-order valence-electron chi connectivity index (χ0n) is 11.6. The quantitative estimate of drug-likeness (QED) is 0.644. The SMILES string of the molecule is Cc1cc(C(=O)N2CC(C)SC(C)C2)ccc1NN. The number of nitrogens with two attached hydrogens (primary N) is 1. The minimum atomic E-state index is 0.116. The van der Waals surface area contributed by atoms with Crippen molar-refractivity contribution in [3.8, 4) is 0 Å². The van der Waals surface area contributed by atoms with Crippen LogP contribution in [-0.2, 0) is 0 Å². The van der Waals surface area contributed by atoms with Gasteiger partial charge < -0.3 is 10.3 Å². The predicted octanol–water partition coefficient (Wildman–Crippen LogP) is 2.25. The van der Waals surface area contributed by atoms with Gasteiger partial charge in [-0.05, 0) is 30.7 Å². The number of nitrogens with one attached hydrogen (secondary N) is 1. The van der Waals surface area contributed by atoms with Crippen molar-refractivity contribution in [2.24, 2.45) is 5.84 Å². The third-order valence-corrected chi connectivity index (χ3v) is 4.56. The van der Waals surface area contributed by atoms with E-state index in [1.807, 2.05) is 41.8 Å². The Hall–Kier alpha value is -1.20. The van der Waals surface area contributed by atoms with Crippen molar-refractivity contribution in [3.05, 3.63) is 29.3 Å². The van der Waals surface area contributed by atoms with Crippen LogP contribution in [0.3, 0.4) is 0 Å². The number of carbonyl (C=O) groups excluding carboxylic acids is 1. The monoisotopic (exact) mass is 279 g/mol. The third-order valence-electron chi connectivity index (χ3n) is 3.34. The number of nitrogen functional groups attached to an aromatic ring is 1. The lowest BCUT2D eigenvalue weighted by Gasteiger charge is -2.34. The fraction of sp³-hybridized carbons (Fsp3) is 0.500. The summed E-state index contributed by atoms with van der Waals surface area (Å²) in [5.41, 5.74) is 5.21. The van der Waals surface area contributed by atoms with E-state index < -0.39 is 0 Å². The third kappa shape index (κ3) is 3.22. The van der Waals surface area contributed by atoms with E-state index in [4.69, 9.17) is 5.84 Å². The van der Waals surface area contributed by atoms with Gasteiger partial charge >= 0.3 is 0 Å². The van der Waals surface area contributed by atoms with E-state index in [0.29, 0.717) is 10.5 Å². The molecule has 0 bridgehead atoms. The van der Waals surface area contributed by atoms with Crippen molar-refractivity contribution in [2.45, 2.75) is 31.3 Å². The summed E-state index contributed by atoms with van der Waals surface area (Å²) in [7, 11) is 0. The van der Waals surface area contributed by atoms with Gasteiger partial charge in [-0.25, -0.2) is 0 Å². The number of rotatable bonds is 2.